The molecule has 15 heavy (non-hydrogen) atoms. The predicted octanol–water partition coefficient (Wildman–Crippen LogP) is 3.35. The molecule has 2 rings (SSSR count). The van der Waals surface area contributed by atoms with E-state index in [4.69, 9.17) is 4.74 Å². The zero-order chi connectivity index (χ0) is 10.8. The molecule has 1 heterocycles. The van der Waals surface area contributed by atoms with Crippen LogP contribution in [0.2, 0.25) is 0 Å². The van der Waals surface area contributed by atoms with Crippen LogP contribution in [-0.4, -0.2) is 18.8 Å². The summed E-state index contributed by atoms with van der Waals surface area (Å²) in [5.41, 5.74) is 2.43. The predicted molar refractivity (Wildman–Crippen MR) is 66.3 cm³/mol. The van der Waals surface area contributed by atoms with Crippen molar-refractivity contribution in [1.29, 1.82) is 0 Å². The van der Waals surface area contributed by atoms with Crippen molar-refractivity contribution >= 4 is 21.6 Å². The highest BCUT2D eigenvalue weighted by atomic mass is 79.9. The van der Waals surface area contributed by atoms with Crippen LogP contribution in [0.25, 0.3) is 0 Å². The van der Waals surface area contributed by atoms with Crippen molar-refractivity contribution in [2.75, 3.05) is 11.9 Å². The molecule has 1 N–H and O–H groups in total. The summed E-state index contributed by atoms with van der Waals surface area (Å²) in [4.78, 5) is 0. The van der Waals surface area contributed by atoms with Gasteiger partial charge in [-0.2, -0.15) is 0 Å². The molecule has 0 bridgehead atoms. The lowest BCUT2D eigenvalue weighted by atomic mass is 10.1. The fraction of sp³-hybridized carbons (Fsp3) is 0.500. The van der Waals surface area contributed by atoms with E-state index in [1.54, 1.807) is 0 Å². The highest BCUT2D eigenvalue weighted by Gasteiger charge is 2.23. The minimum Gasteiger partial charge on any atom is -0.380 e. The maximum atomic E-state index is 5.52. The highest BCUT2D eigenvalue weighted by molar-refractivity contribution is 9.10. The lowest BCUT2D eigenvalue weighted by Crippen LogP contribution is -2.26. The topological polar surface area (TPSA) is 21.3 Å². The standard InChI is InChI=1S/C12H16BrNO/c1-8-5-10(13)7-11(6-8)14-12-3-4-15-9(12)2/h5-7,9,12,14H,3-4H2,1-2H3. The van der Waals surface area contributed by atoms with E-state index >= 15 is 0 Å². The van der Waals surface area contributed by atoms with E-state index in [1.165, 1.54) is 11.3 Å². The summed E-state index contributed by atoms with van der Waals surface area (Å²) in [5, 5.41) is 3.52. The van der Waals surface area contributed by atoms with Crippen molar-refractivity contribution in [3.8, 4) is 0 Å². The van der Waals surface area contributed by atoms with E-state index in [1.807, 2.05) is 0 Å². The first-order chi connectivity index (χ1) is 7.15. The van der Waals surface area contributed by atoms with Crippen LogP contribution in [0.5, 0.6) is 0 Å². The Hall–Kier alpha value is -0.540. The average molecular weight is 270 g/mol. The molecule has 1 aromatic carbocycles. The van der Waals surface area contributed by atoms with Gasteiger partial charge in [-0.25, -0.2) is 0 Å². The van der Waals surface area contributed by atoms with Gasteiger partial charge in [-0.3, -0.25) is 0 Å². The minimum absolute atomic E-state index is 0.310. The summed E-state index contributed by atoms with van der Waals surface area (Å²) in [7, 11) is 0. The Bertz CT molecular complexity index is 333. The molecule has 1 fully saturated rings. The molecule has 3 heteroatoms. The number of halogens is 1. The molecule has 1 aliphatic rings. The van der Waals surface area contributed by atoms with E-state index in [9.17, 15) is 0 Å². The first-order valence-electron chi connectivity index (χ1n) is 5.30. The molecule has 1 aliphatic heterocycles. The Morgan fingerprint density at radius 1 is 1.40 bits per heavy atom. The third-order valence-electron chi connectivity index (χ3n) is 2.77. The van der Waals surface area contributed by atoms with E-state index in [-0.39, 0.29) is 0 Å². The van der Waals surface area contributed by atoms with E-state index in [0.717, 1.165) is 17.5 Å². The van der Waals surface area contributed by atoms with Crippen molar-refractivity contribution in [3.05, 3.63) is 28.2 Å². The summed E-state index contributed by atoms with van der Waals surface area (Å²) < 4.78 is 6.65. The second-order valence-corrected chi connectivity index (χ2v) is 5.05. The Balaban J connectivity index is 2.10. The van der Waals surface area contributed by atoms with Gasteiger partial charge in [-0.15, -0.1) is 0 Å². The first kappa shape index (κ1) is 11.0. The van der Waals surface area contributed by atoms with Gasteiger partial charge in [-0.05, 0) is 44.0 Å². The number of rotatable bonds is 2. The fourth-order valence-corrected chi connectivity index (χ4v) is 2.56. The summed E-state index contributed by atoms with van der Waals surface area (Å²) >= 11 is 3.51. The molecule has 0 aliphatic carbocycles. The van der Waals surface area contributed by atoms with Gasteiger partial charge in [-0.1, -0.05) is 15.9 Å². The van der Waals surface area contributed by atoms with E-state index in [0.29, 0.717) is 12.1 Å². The number of ether oxygens (including phenoxy) is 1. The molecule has 0 spiro atoms. The summed E-state index contributed by atoms with van der Waals surface area (Å²) in [6, 6.07) is 6.83. The van der Waals surface area contributed by atoms with Crippen LogP contribution in [0.4, 0.5) is 5.69 Å². The maximum absolute atomic E-state index is 5.52. The van der Waals surface area contributed by atoms with Crippen LogP contribution in [0.15, 0.2) is 22.7 Å². The van der Waals surface area contributed by atoms with Crippen LogP contribution in [0.3, 0.4) is 0 Å². The van der Waals surface area contributed by atoms with Gasteiger partial charge in [0.15, 0.2) is 0 Å². The number of benzene rings is 1. The maximum Gasteiger partial charge on any atom is 0.0748 e. The molecule has 0 radical (unpaired) electrons. The van der Waals surface area contributed by atoms with Gasteiger partial charge in [0.05, 0.1) is 12.1 Å². The minimum atomic E-state index is 0.310. The van der Waals surface area contributed by atoms with Gasteiger partial charge in [0.25, 0.3) is 0 Å². The number of nitrogens with one attached hydrogen (secondary N) is 1. The summed E-state index contributed by atoms with van der Waals surface area (Å²) in [6.07, 6.45) is 1.40. The molecule has 2 unspecified atom stereocenters. The second kappa shape index (κ2) is 4.54. The van der Waals surface area contributed by atoms with Crippen molar-refractivity contribution in [1.82, 2.24) is 0 Å². The smallest absolute Gasteiger partial charge is 0.0748 e. The SMILES string of the molecule is Cc1cc(Br)cc(NC2CCOC2C)c1. The Labute approximate surface area is 99.1 Å². The van der Waals surface area contributed by atoms with Crippen LogP contribution in [0, 0.1) is 6.92 Å². The average Bonchev–Trinajstić information content (AvgIpc) is 2.50. The van der Waals surface area contributed by atoms with Crippen molar-refractivity contribution in [2.24, 2.45) is 0 Å². The van der Waals surface area contributed by atoms with E-state index < -0.39 is 0 Å². The van der Waals surface area contributed by atoms with Gasteiger partial charge in [0.1, 0.15) is 0 Å². The molecule has 1 aromatic rings. The molecular weight excluding hydrogens is 254 g/mol. The molecule has 0 amide bonds. The third-order valence-corrected chi connectivity index (χ3v) is 3.23. The Morgan fingerprint density at radius 3 is 2.80 bits per heavy atom. The quantitative estimate of drug-likeness (QED) is 0.889. The van der Waals surface area contributed by atoms with Crippen LogP contribution in [0.1, 0.15) is 18.9 Å². The number of anilines is 1. The lowest BCUT2D eigenvalue weighted by Gasteiger charge is -2.17. The van der Waals surface area contributed by atoms with Crippen LogP contribution in [-0.2, 0) is 4.74 Å². The number of aryl methyl sites for hydroxylation is 1. The first-order valence-corrected chi connectivity index (χ1v) is 6.10. The zero-order valence-electron chi connectivity index (χ0n) is 9.09. The largest absolute Gasteiger partial charge is 0.380 e. The monoisotopic (exact) mass is 269 g/mol. The number of hydrogen-bond acceptors (Lipinski definition) is 2. The van der Waals surface area contributed by atoms with E-state index in [2.05, 4.69) is 53.3 Å². The lowest BCUT2D eigenvalue weighted by molar-refractivity contribution is 0.121. The fourth-order valence-electron chi connectivity index (χ4n) is 1.96. The summed E-state index contributed by atoms with van der Waals surface area (Å²) in [5.74, 6) is 0. The molecular formula is C12H16BrNO. The zero-order valence-corrected chi connectivity index (χ0v) is 10.7. The molecule has 82 valence electrons. The summed E-state index contributed by atoms with van der Waals surface area (Å²) in [6.45, 7) is 5.09. The molecule has 2 nitrogen and oxygen atoms in total. The number of hydrogen-bond donors (Lipinski definition) is 1. The molecule has 2 atom stereocenters. The third kappa shape index (κ3) is 2.73. The van der Waals surface area contributed by atoms with Gasteiger partial charge < -0.3 is 10.1 Å². The van der Waals surface area contributed by atoms with Gasteiger partial charge in [0.2, 0.25) is 0 Å². The Kier molecular flexibility index (Phi) is 3.32. The normalized spacial score (nSPS) is 25.5. The van der Waals surface area contributed by atoms with Gasteiger partial charge >= 0.3 is 0 Å². The Morgan fingerprint density at radius 2 is 2.20 bits per heavy atom. The van der Waals surface area contributed by atoms with Crippen molar-refractivity contribution < 1.29 is 4.74 Å². The van der Waals surface area contributed by atoms with Gasteiger partial charge in [0, 0.05) is 16.8 Å². The second-order valence-electron chi connectivity index (χ2n) is 4.13. The van der Waals surface area contributed by atoms with Crippen LogP contribution < -0.4 is 5.32 Å². The molecule has 0 aromatic heterocycles. The molecule has 1 saturated heterocycles. The molecule has 0 saturated carbocycles. The van der Waals surface area contributed by atoms with Crippen molar-refractivity contribution in [2.45, 2.75) is 32.4 Å². The van der Waals surface area contributed by atoms with Crippen LogP contribution >= 0.6 is 15.9 Å². The highest BCUT2D eigenvalue weighted by Crippen LogP contribution is 2.23. The van der Waals surface area contributed by atoms with Crippen molar-refractivity contribution in [3.63, 3.8) is 0 Å².